The molecule has 0 aromatic carbocycles. The number of nitrogens with one attached hydrogen (secondary N) is 2. The van der Waals surface area contributed by atoms with Crippen LogP contribution < -0.4 is 10.6 Å². The van der Waals surface area contributed by atoms with Gasteiger partial charge in [0.05, 0.1) is 0 Å². The first-order chi connectivity index (χ1) is 8.49. The van der Waals surface area contributed by atoms with Crippen LogP contribution in [-0.4, -0.2) is 74.0 Å². The maximum absolute atomic E-state index is 11.9. The minimum Gasteiger partial charge on any atom is -0.331 e. The van der Waals surface area contributed by atoms with E-state index in [1.165, 1.54) is 0 Å². The van der Waals surface area contributed by atoms with E-state index in [1.54, 1.807) is 9.80 Å². The van der Waals surface area contributed by atoms with E-state index in [-0.39, 0.29) is 23.9 Å². The molecule has 1 saturated heterocycles. The Balaban J connectivity index is 2.55. The average molecular weight is 256 g/mol. The van der Waals surface area contributed by atoms with E-state index in [4.69, 9.17) is 0 Å². The molecule has 0 aliphatic carbocycles. The smallest absolute Gasteiger partial charge is 0.312 e. The van der Waals surface area contributed by atoms with E-state index < -0.39 is 0 Å². The topological polar surface area (TPSA) is 64.7 Å². The largest absolute Gasteiger partial charge is 0.331 e. The molecule has 6 nitrogen and oxygen atoms in total. The molecule has 104 valence electrons. The van der Waals surface area contributed by atoms with Gasteiger partial charge in [-0.25, -0.2) is 0 Å². The van der Waals surface area contributed by atoms with Gasteiger partial charge in [-0.2, -0.15) is 0 Å². The van der Waals surface area contributed by atoms with Crippen molar-refractivity contribution >= 4 is 11.8 Å². The van der Waals surface area contributed by atoms with Gasteiger partial charge in [0, 0.05) is 38.3 Å². The zero-order chi connectivity index (χ0) is 13.7. The van der Waals surface area contributed by atoms with Gasteiger partial charge in [0.1, 0.15) is 0 Å². The predicted molar refractivity (Wildman–Crippen MR) is 70.2 cm³/mol. The van der Waals surface area contributed by atoms with Crippen molar-refractivity contribution < 1.29 is 9.59 Å². The third-order valence-corrected chi connectivity index (χ3v) is 3.37. The highest BCUT2D eigenvalue weighted by Gasteiger charge is 2.33. The van der Waals surface area contributed by atoms with Crippen molar-refractivity contribution in [3.05, 3.63) is 0 Å². The van der Waals surface area contributed by atoms with Crippen molar-refractivity contribution in [3.8, 4) is 0 Å². The molecule has 0 aromatic rings. The number of carbonyl (C=O) groups excluding carboxylic acids is 2. The lowest BCUT2D eigenvalue weighted by Crippen LogP contribution is -2.58. The second-order valence-corrected chi connectivity index (χ2v) is 4.88. The Hall–Kier alpha value is -1.14. The van der Waals surface area contributed by atoms with Gasteiger partial charge in [-0.1, -0.05) is 0 Å². The average Bonchev–Trinajstić information content (AvgIpc) is 2.37. The summed E-state index contributed by atoms with van der Waals surface area (Å²) >= 11 is 0. The van der Waals surface area contributed by atoms with Gasteiger partial charge in [0.25, 0.3) is 0 Å². The van der Waals surface area contributed by atoms with Crippen LogP contribution in [0.5, 0.6) is 0 Å². The molecule has 1 fully saturated rings. The van der Waals surface area contributed by atoms with Crippen LogP contribution in [0.4, 0.5) is 0 Å². The van der Waals surface area contributed by atoms with E-state index in [9.17, 15) is 9.59 Å². The molecule has 6 heteroatoms. The van der Waals surface area contributed by atoms with Crippen molar-refractivity contribution in [2.24, 2.45) is 0 Å². The second-order valence-electron chi connectivity index (χ2n) is 4.88. The highest BCUT2D eigenvalue weighted by atomic mass is 16.2. The number of hydrogen-bond acceptors (Lipinski definition) is 4. The standard InChI is InChI=1S/C12H24N4O2/c1-9(13-3)7-15-5-6-16(8-10(2)14-4)12(18)11(15)17/h9-10,13-14H,5-8H2,1-4H3. The number of rotatable bonds is 6. The quantitative estimate of drug-likeness (QED) is 0.591. The highest BCUT2D eigenvalue weighted by molar-refractivity contribution is 6.35. The lowest BCUT2D eigenvalue weighted by Gasteiger charge is -2.36. The molecule has 1 aliphatic heterocycles. The Labute approximate surface area is 109 Å². The van der Waals surface area contributed by atoms with Crippen molar-refractivity contribution in [3.63, 3.8) is 0 Å². The van der Waals surface area contributed by atoms with Crippen LogP contribution in [0.3, 0.4) is 0 Å². The number of amides is 2. The van der Waals surface area contributed by atoms with E-state index >= 15 is 0 Å². The fourth-order valence-electron chi connectivity index (χ4n) is 1.91. The minimum atomic E-state index is -0.383. The van der Waals surface area contributed by atoms with Crippen LogP contribution in [0.25, 0.3) is 0 Å². The van der Waals surface area contributed by atoms with Gasteiger partial charge in [-0.05, 0) is 27.9 Å². The molecule has 2 N–H and O–H groups in total. The van der Waals surface area contributed by atoms with Gasteiger partial charge in [0.15, 0.2) is 0 Å². The lowest BCUT2D eigenvalue weighted by molar-refractivity contribution is -0.156. The van der Waals surface area contributed by atoms with Crippen LogP contribution in [0, 0.1) is 0 Å². The molecule has 2 unspecified atom stereocenters. The second kappa shape index (κ2) is 6.70. The minimum absolute atomic E-state index is 0.199. The van der Waals surface area contributed by atoms with Crippen LogP contribution in [0.2, 0.25) is 0 Å². The fraction of sp³-hybridized carbons (Fsp3) is 0.833. The Bertz CT molecular complexity index is 278. The van der Waals surface area contributed by atoms with E-state index in [0.29, 0.717) is 26.2 Å². The van der Waals surface area contributed by atoms with E-state index in [0.717, 1.165) is 0 Å². The van der Waals surface area contributed by atoms with Gasteiger partial charge in [0.2, 0.25) is 0 Å². The van der Waals surface area contributed by atoms with Crippen LogP contribution in [0.15, 0.2) is 0 Å². The van der Waals surface area contributed by atoms with Crippen molar-refractivity contribution in [1.82, 2.24) is 20.4 Å². The number of likely N-dealkylation sites (N-methyl/N-ethyl adjacent to an activating group) is 2. The maximum atomic E-state index is 11.9. The molecule has 2 atom stereocenters. The summed E-state index contributed by atoms with van der Waals surface area (Å²) in [6, 6.07) is 0.397. The van der Waals surface area contributed by atoms with Gasteiger partial charge < -0.3 is 20.4 Å². The summed E-state index contributed by atoms with van der Waals surface area (Å²) in [4.78, 5) is 27.1. The normalized spacial score (nSPS) is 20.2. The van der Waals surface area contributed by atoms with Crippen LogP contribution in [0.1, 0.15) is 13.8 Å². The molecule has 1 rings (SSSR count). The molecule has 1 aliphatic rings. The molecular formula is C12H24N4O2. The van der Waals surface area contributed by atoms with Gasteiger partial charge in [-0.15, -0.1) is 0 Å². The van der Waals surface area contributed by atoms with E-state index in [2.05, 4.69) is 10.6 Å². The SMILES string of the molecule is CNC(C)CN1CCN(CC(C)NC)C(=O)C1=O. The first-order valence-corrected chi connectivity index (χ1v) is 6.42. The molecule has 0 radical (unpaired) electrons. The number of carbonyl (C=O) groups is 2. The molecule has 0 saturated carbocycles. The molecule has 0 bridgehead atoms. The summed E-state index contributed by atoms with van der Waals surface area (Å²) in [6.07, 6.45) is 0. The summed E-state index contributed by atoms with van der Waals surface area (Å²) in [6.45, 7) is 6.38. The van der Waals surface area contributed by atoms with Crippen molar-refractivity contribution in [2.75, 3.05) is 40.3 Å². The third kappa shape index (κ3) is 3.68. The Morgan fingerprint density at radius 2 is 1.28 bits per heavy atom. The zero-order valence-corrected chi connectivity index (χ0v) is 11.7. The van der Waals surface area contributed by atoms with Gasteiger partial charge in [-0.3, -0.25) is 9.59 Å². The van der Waals surface area contributed by atoms with Crippen LogP contribution in [-0.2, 0) is 9.59 Å². The lowest BCUT2D eigenvalue weighted by atomic mass is 10.2. The maximum Gasteiger partial charge on any atom is 0.312 e. The zero-order valence-electron chi connectivity index (χ0n) is 11.7. The number of piperazine rings is 1. The first kappa shape index (κ1) is 14.9. The number of hydrogen-bond donors (Lipinski definition) is 2. The monoisotopic (exact) mass is 256 g/mol. The summed E-state index contributed by atoms with van der Waals surface area (Å²) in [7, 11) is 3.70. The highest BCUT2D eigenvalue weighted by Crippen LogP contribution is 2.06. The number of nitrogens with zero attached hydrogens (tertiary/aromatic N) is 2. The van der Waals surface area contributed by atoms with Crippen molar-refractivity contribution in [1.29, 1.82) is 0 Å². The Morgan fingerprint density at radius 1 is 0.944 bits per heavy atom. The van der Waals surface area contributed by atoms with E-state index in [1.807, 2.05) is 27.9 Å². The van der Waals surface area contributed by atoms with Crippen molar-refractivity contribution in [2.45, 2.75) is 25.9 Å². The molecule has 0 aromatic heterocycles. The molecule has 1 heterocycles. The van der Waals surface area contributed by atoms with Gasteiger partial charge >= 0.3 is 11.8 Å². The molecule has 18 heavy (non-hydrogen) atoms. The molecular weight excluding hydrogens is 232 g/mol. The van der Waals surface area contributed by atoms with Crippen LogP contribution >= 0.6 is 0 Å². The Kier molecular flexibility index (Phi) is 5.55. The molecule has 0 spiro atoms. The summed E-state index contributed by atoms with van der Waals surface area (Å²) in [5, 5.41) is 6.14. The Morgan fingerprint density at radius 3 is 1.56 bits per heavy atom. The summed E-state index contributed by atoms with van der Waals surface area (Å²) in [5.74, 6) is -0.765. The fourth-order valence-corrected chi connectivity index (χ4v) is 1.91. The third-order valence-electron chi connectivity index (χ3n) is 3.37. The summed E-state index contributed by atoms with van der Waals surface area (Å²) < 4.78 is 0. The first-order valence-electron chi connectivity index (χ1n) is 6.42. The predicted octanol–water partition coefficient (Wildman–Crippen LogP) is -1.13. The summed E-state index contributed by atoms with van der Waals surface area (Å²) in [5.41, 5.74) is 0. The molecule has 2 amide bonds.